The molecule has 4 rings (SSSR count). The Bertz CT molecular complexity index is 1180. The zero-order chi connectivity index (χ0) is 28.5. The minimum Gasteiger partial charge on any atom is -0.444 e. The Morgan fingerprint density at radius 1 is 0.949 bits per heavy atom. The third kappa shape index (κ3) is 7.51. The van der Waals surface area contributed by atoms with Crippen LogP contribution < -0.4 is 4.74 Å². The molecular formula is C28H31Cl2F3N2O4. The van der Waals surface area contributed by atoms with Crippen LogP contribution in [0.25, 0.3) is 11.1 Å². The standard InChI is InChI=1S/C28H31Cl2F3N2O4/c1-27(2,3)39-26(37)34-11-9-20(10-12-34)35-13-8-18(25(35)36)14-22-23(29)15-19(16-24(22)30)17-4-6-21(7-5-17)38-28(31,32)33/h4-7,15-16,18,20H,8-14H2,1-3H3. The van der Waals surface area contributed by atoms with Gasteiger partial charge in [0.05, 0.1) is 0 Å². The average molecular weight is 587 g/mol. The summed E-state index contributed by atoms with van der Waals surface area (Å²) >= 11 is 13.1. The minimum atomic E-state index is -4.76. The molecule has 212 valence electrons. The van der Waals surface area contributed by atoms with E-state index in [1.165, 1.54) is 24.3 Å². The summed E-state index contributed by atoms with van der Waals surface area (Å²) in [5.74, 6) is -0.518. The lowest BCUT2D eigenvalue weighted by Gasteiger charge is -2.37. The number of carbonyl (C=O) groups is 2. The van der Waals surface area contributed by atoms with E-state index < -0.39 is 12.0 Å². The van der Waals surface area contributed by atoms with Gasteiger partial charge < -0.3 is 19.3 Å². The van der Waals surface area contributed by atoms with Crippen molar-refractivity contribution in [2.24, 2.45) is 5.92 Å². The van der Waals surface area contributed by atoms with Gasteiger partial charge in [0.15, 0.2) is 0 Å². The Hall–Kier alpha value is -2.65. The van der Waals surface area contributed by atoms with Gasteiger partial charge in [-0.15, -0.1) is 13.2 Å². The number of likely N-dealkylation sites (tertiary alicyclic amines) is 2. The number of piperidine rings is 1. The largest absolute Gasteiger partial charge is 0.573 e. The molecule has 0 aromatic heterocycles. The first-order valence-electron chi connectivity index (χ1n) is 12.8. The lowest BCUT2D eigenvalue weighted by molar-refractivity contribution is -0.274. The van der Waals surface area contributed by atoms with Gasteiger partial charge in [0.1, 0.15) is 11.4 Å². The molecule has 0 spiro atoms. The van der Waals surface area contributed by atoms with E-state index in [9.17, 15) is 22.8 Å². The van der Waals surface area contributed by atoms with Crippen LogP contribution in [0.4, 0.5) is 18.0 Å². The molecular weight excluding hydrogens is 556 g/mol. The number of carbonyl (C=O) groups excluding carboxylic acids is 2. The summed E-state index contributed by atoms with van der Waals surface area (Å²) in [7, 11) is 0. The second-order valence-electron chi connectivity index (χ2n) is 10.9. The molecule has 1 atom stereocenters. The minimum absolute atomic E-state index is 0.0576. The maximum absolute atomic E-state index is 13.3. The third-order valence-corrected chi connectivity index (χ3v) is 7.59. The number of rotatable bonds is 5. The highest BCUT2D eigenvalue weighted by atomic mass is 35.5. The van der Waals surface area contributed by atoms with Gasteiger partial charge in [-0.25, -0.2) is 4.79 Å². The highest BCUT2D eigenvalue weighted by molar-refractivity contribution is 6.36. The van der Waals surface area contributed by atoms with Crippen molar-refractivity contribution in [3.63, 3.8) is 0 Å². The Balaban J connectivity index is 1.37. The normalized spacial score (nSPS) is 19.0. The number of hydrogen-bond acceptors (Lipinski definition) is 4. The molecule has 6 nitrogen and oxygen atoms in total. The molecule has 2 fully saturated rings. The third-order valence-electron chi connectivity index (χ3n) is 6.92. The summed E-state index contributed by atoms with van der Waals surface area (Å²) in [4.78, 5) is 29.3. The number of halogens is 5. The first-order chi connectivity index (χ1) is 18.2. The molecule has 0 bridgehead atoms. The molecule has 2 aliphatic rings. The van der Waals surface area contributed by atoms with Crippen molar-refractivity contribution in [3.8, 4) is 16.9 Å². The van der Waals surface area contributed by atoms with Crippen LogP contribution in [-0.4, -0.2) is 59.4 Å². The molecule has 2 aromatic rings. The quantitative estimate of drug-likeness (QED) is 0.367. The fraction of sp³-hybridized carbons (Fsp3) is 0.500. The van der Waals surface area contributed by atoms with Gasteiger partial charge in [-0.1, -0.05) is 35.3 Å². The average Bonchev–Trinajstić information content (AvgIpc) is 3.19. The Labute approximate surface area is 235 Å². The van der Waals surface area contributed by atoms with Crippen molar-refractivity contribution in [3.05, 3.63) is 52.0 Å². The maximum Gasteiger partial charge on any atom is 0.573 e. The first kappa shape index (κ1) is 29.3. The van der Waals surface area contributed by atoms with Crippen LogP contribution in [0.2, 0.25) is 10.0 Å². The topological polar surface area (TPSA) is 59.1 Å². The molecule has 0 N–H and O–H groups in total. The van der Waals surface area contributed by atoms with Crippen molar-refractivity contribution in [1.82, 2.24) is 9.80 Å². The monoisotopic (exact) mass is 586 g/mol. The van der Waals surface area contributed by atoms with Gasteiger partial charge in [-0.05, 0) is 87.4 Å². The molecule has 39 heavy (non-hydrogen) atoms. The summed E-state index contributed by atoms with van der Waals surface area (Å²) in [6, 6.07) is 8.91. The van der Waals surface area contributed by atoms with Crippen molar-refractivity contribution < 1.29 is 32.2 Å². The smallest absolute Gasteiger partial charge is 0.444 e. The van der Waals surface area contributed by atoms with E-state index in [0.717, 1.165) is 0 Å². The van der Waals surface area contributed by atoms with Crippen LogP contribution >= 0.6 is 23.2 Å². The van der Waals surface area contributed by atoms with Gasteiger partial charge in [0, 0.05) is 41.6 Å². The number of ether oxygens (including phenoxy) is 2. The SMILES string of the molecule is CC(C)(C)OC(=O)N1CCC(N2CCC(Cc3c(Cl)cc(-c4ccc(OC(F)(F)F)cc4)cc3Cl)C2=O)CC1. The lowest BCUT2D eigenvalue weighted by Crippen LogP contribution is -2.48. The molecule has 2 aromatic carbocycles. The predicted octanol–water partition coefficient (Wildman–Crippen LogP) is 7.35. The van der Waals surface area contributed by atoms with Gasteiger partial charge >= 0.3 is 12.5 Å². The molecule has 11 heteroatoms. The van der Waals surface area contributed by atoms with E-state index in [4.69, 9.17) is 27.9 Å². The fourth-order valence-electron chi connectivity index (χ4n) is 5.06. The summed E-state index contributed by atoms with van der Waals surface area (Å²) < 4.78 is 46.7. The zero-order valence-corrected chi connectivity index (χ0v) is 23.5. The lowest BCUT2D eigenvalue weighted by atomic mass is 9.95. The van der Waals surface area contributed by atoms with Crippen LogP contribution in [0, 0.1) is 5.92 Å². The highest BCUT2D eigenvalue weighted by Crippen LogP contribution is 2.37. The Morgan fingerprint density at radius 3 is 2.08 bits per heavy atom. The van der Waals surface area contributed by atoms with E-state index in [1.807, 2.05) is 25.7 Å². The maximum atomic E-state index is 13.3. The highest BCUT2D eigenvalue weighted by Gasteiger charge is 2.38. The molecule has 2 saturated heterocycles. The second kappa shape index (κ2) is 11.5. The Morgan fingerprint density at radius 2 is 1.54 bits per heavy atom. The summed E-state index contributed by atoms with van der Waals surface area (Å²) in [6.45, 7) is 7.22. The van der Waals surface area contributed by atoms with Crippen molar-refractivity contribution in [2.45, 2.75) is 64.5 Å². The van der Waals surface area contributed by atoms with E-state index in [-0.39, 0.29) is 29.7 Å². The second-order valence-corrected chi connectivity index (χ2v) is 11.7. The summed E-state index contributed by atoms with van der Waals surface area (Å²) in [6.07, 6.45) is -2.63. The number of nitrogens with zero attached hydrogens (tertiary/aromatic N) is 2. The van der Waals surface area contributed by atoms with Crippen LogP contribution in [-0.2, 0) is 16.0 Å². The number of benzene rings is 2. The number of amides is 2. The van der Waals surface area contributed by atoms with Gasteiger partial charge in [-0.2, -0.15) is 0 Å². The van der Waals surface area contributed by atoms with Gasteiger partial charge in [-0.3, -0.25) is 4.79 Å². The molecule has 0 radical (unpaired) electrons. The molecule has 2 aliphatic heterocycles. The van der Waals surface area contributed by atoms with E-state index >= 15 is 0 Å². The summed E-state index contributed by atoms with van der Waals surface area (Å²) in [5.41, 5.74) is 1.38. The van der Waals surface area contributed by atoms with Crippen LogP contribution in [0.3, 0.4) is 0 Å². The predicted molar refractivity (Wildman–Crippen MR) is 143 cm³/mol. The fourth-order valence-corrected chi connectivity index (χ4v) is 5.70. The molecule has 1 unspecified atom stereocenters. The molecule has 0 saturated carbocycles. The van der Waals surface area contributed by atoms with Crippen LogP contribution in [0.5, 0.6) is 5.75 Å². The van der Waals surface area contributed by atoms with Crippen LogP contribution in [0.1, 0.15) is 45.6 Å². The number of hydrogen-bond donors (Lipinski definition) is 0. The zero-order valence-electron chi connectivity index (χ0n) is 22.0. The van der Waals surface area contributed by atoms with Crippen molar-refractivity contribution >= 4 is 35.2 Å². The Kier molecular flexibility index (Phi) is 8.61. The molecule has 0 aliphatic carbocycles. The molecule has 2 amide bonds. The summed E-state index contributed by atoms with van der Waals surface area (Å²) in [5, 5.41) is 0.787. The van der Waals surface area contributed by atoms with Gasteiger partial charge in [0.25, 0.3) is 0 Å². The van der Waals surface area contributed by atoms with E-state index in [2.05, 4.69) is 4.74 Å². The van der Waals surface area contributed by atoms with Gasteiger partial charge in [0.2, 0.25) is 5.91 Å². The van der Waals surface area contributed by atoms with E-state index in [1.54, 1.807) is 17.0 Å². The van der Waals surface area contributed by atoms with E-state index in [0.29, 0.717) is 72.1 Å². The first-order valence-corrected chi connectivity index (χ1v) is 13.6. The number of alkyl halides is 3. The van der Waals surface area contributed by atoms with Crippen molar-refractivity contribution in [2.75, 3.05) is 19.6 Å². The molecule has 2 heterocycles. The van der Waals surface area contributed by atoms with Crippen molar-refractivity contribution in [1.29, 1.82) is 0 Å². The van der Waals surface area contributed by atoms with Crippen LogP contribution in [0.15, 0.2) is 36.4 Å².